The van der Waals surface area contributed by atoms with Crippen LogP contribution in [-0.4, -0.2) is 73.5 Å². The topological polar surface area (TPSA) is 128 Å². The number of carbonyl (C=O) groups is 3. The molecule has 4 amide bonds. The van der Waals surface area contributed by atoms with Gasteiger partial charge in [0.05, 0.1) is 18.0 Å². The maximum absolute atomic E-state index is 13.2. The minimum Gasteiger partial charge on any atom is -0.328 e. The third-order valence-corrected chi connectivity index (χ3v) is 10.6. The van der Waals surface area contributed by atoms with Gasteiger partial charge in [-0.25, -0.2) is 22.4 Å². The Balaban J connectivity index is 1.16. The second-order valence-electron chi connectivity index (χ2n) is 11.5. The van der Waals surface area contributed by atoms with Crippen LogP contribution in [0.25, 0.3) is 0 Å². The van der Waals surface area contributed by atoms with Gasteiger partial charge in [0.1, 0.15) is 11.4 Å². The predicted molar refractivity (Wildman–Crippen MR) is 145 cm³/mol. The largest absolute Gasteiger partial charge is 0.389 e. The van der Waals surface area contributed by atoms with Crippen molar-refractivity contribution in [1.82, 2.24) is 14.9 Å². The first-order chi connectivity index (χ1) is 19.3. The molecule has 2 N–H and O–H groups in total. The highest BCUT2D eigenvalue weighted by Crippen LogP contribution is 2.39. The summed E-state index contributed by atoms with van der Waals surface area (Å²) in [6, 6.07) is 4.54. The first-order valence-corrected chi connectivity index (χ1v) is 15.5. The van der Waals surface area contributed by atoms with Crippen LogP contribution in [0.5, 0.6) is 0 Å². The van der Waals surface area contributed by atoms with Gasteiger partial charge in [-0.15, -0.1) is 0 Å². The zero-order chi connectivity index (χ0) is 29.6. The van der Waals surface area contributed by atoms with E-state index in [0.29, 0.717) is 37.2 Å². The van der Waals surface area contributed by atoms with E-state index < -0.39 is 40.1 Å². The fourth-order valence-electron chi connectivity index (χ4n) is 6.33. The lowest BCUT2D eigenvalue weighted by atomic mass is 9.80. The molecule has 0 bridgehead atoms. The average molecular weight is 598 g/mol. The van der Waals surface area contributed by atoms with E-state index in [-0.39, 0.29) is 62.4 Å². The van der Waals surface area contributed by atoms with E-state index in [1.807, 2.05) is 0 Å². The zero-order valence-electron chi connectivity index (χ0n) is 22.8. The first kappa shape index (κ1) is 29.5. The van der Waals surface area contributed by atoms with Crippen LogP contribution in [0.4, 0.5) is 23.7 Å². The highest BCUT2D eigenvalue weighted by atomic mass is 32.2. The number of piperidine rings is 1. The molecule has 3 heterocycles. The van der Waals surface area contributed by atoms with E-state index in [1.54, 1.807) is 25.1 Å². The number of alkyl halides is 3. The monoisotopic (exact) mass is 597 g/mol. The Bertz CT molecular complexity index is 1350. The lowest BCUT2D eigenvalue weighted by Gasteiger charge is -2.34. The smallest absolute Gasteiger partial charge is 0.328 e. The van der Waals surface area contributed by atoms with E-state index in [4.69, 9.17) is 4.99 Å². The van der Waals surface area contributed by atoms with Crippen LogP contribution in [0.15, 0.2) is 23.2 Å². The number of aryl methyl sites for hydroxylation is 2. The number of amides is 4. The van der Waals surface area contributed by atoms with Crippen molar-refractivity contribution < 1.29 is 36.0 Å². The number of hydrogen-bond acceptors (Lipinski definition) is 6. The Morgan fingerprint density at radius 2 is 1.76 bits per heavy atom. The van der Waals surface area contributed by atoms with Crippen LogP contribution in [0.1, 0.15) is 56.1 Å². The number of carbonyl (C=O) groups excluding carboxylic acids is 3. The molecule has 5 rings (SSSR count). The van der Waals surface area contributed by atoms with Gasteiger partial charge in [-0.05, 0) is 81.0 Å². The van der Waals surface area contributed by atoms with Crippen LogP contribution >= 0.6 is 0 Å². The number of halogens is 3. The van der Waals surface area contributed by atoms with Gasteiger partial charge in [-0.3, -0.25) is 14.6 Å². The van der Waals surface area contributed by atoms with Crippen LogP contribution in [0.3, 0.4) is 0 Å². The molecule has 41 heavy (non-hydrogen) atoms. The van der Waals surface area contributed by atoms with E-state index in [9.17, 15) is 36.0 Å². The molecule has 0 aromatic heterocycles. The molecule has 1 saturated carbocycles. The molecular weight excluding hydrogens is 563 g/mol. The van der Waals surface area contributed by atoms with Gasteiger partial charge in [0.2, 0.25) is 10.0 Å². The Hall–Kier alpha value is -3.00. The molecule has 0 unspecified atom stereocenters. The summed E-state index contributed by atoms with van der Waals surface area (Å²) in [7, 11) is -3.63. The van der Waals surface area contributed by atoms with E-state index in [0.717, 1.165) is 16.0 Å². The summed E-state index contributed by atoms with van der Waals surface area (Å²) < 4.78 is 65.9. The van der Waals surface area contributed by atoms with Crippen molar-refractivity contribution in [3.8, 4) is 0 Å². The summed E-state index contributed by atoms with van der Waals surface area (Å²) in [5.41, 5.74) is 0.946. The van der Waals surface area contributed by atoms with Gasteiger partial charge in [-0.1, -0.05) is 6.07 Å². The number of urea groups is 1. The van der Waals surface area contributed by atoms with Gasteiger partial charge in [0.15, 0.2) is 0 Å². The van der Waals surface area contributed by atoms with Crippen molar-refractivity contribution >= 4 is 39.4 Å². The molecule has 10 nitrogen and oxygen atoms in total. The number of rotatable bonds is 7. The maximum Gasteiger partial charge on any atom is 0.389 e. The van der Waals surface area contributed by atoms with Gasteiger partial charge in [0.25, 0.3) is 11.8 Å². The molecule has 4 aliphatic rings. The number of hydrogen-bond donors (Lipinski definition) is 2. The van der Waals surface area contributed by atoms with Crippen LogP contribution < -0.4 is 15.5 Å². The van der Waals surface area contributed by atoms with Crippen molar-refractivity contribution in [3.05, 3.63) is 29.3 Å². The zero-order valence-corrected chi connectivity index (χ0v) is 23.6. The van der Waals surface area contributed by atoms with Gasteiger partial charge in [0, 0.05) is 25.4 Å². The number of nitrogens with one attached hydrogen (secondary N) is 2. The molecule has 1 aromatic carbocycles. The van der Waals surface area contributed by atoms with Crippen molar-refractivity contribution in [3.63, 3.8) is 0 Å². The van der Waals surface area contributed by atoms with Crippen molar-refractivity contribution in [2.75, 3.05) is 30.3 Å². The molecular formula is C27H34F3N5O5S. The molecule has 224 valence electrons. The summed E-state index contributed by atoms with van der Waals surface area (Å²) in [4.78, 5) is 42.6. The lowest BCUT2D eigenvalue weighted by Crippen LogP contribution is -2.51. The Kier molecular flexibility index (Phi) is 7.92. The Labute approximate surface area is 236 Å². The number of amidine groups is 1. The average Bonchev–Trinajstić information content (AvgIpc) is 3.40. The molecule has 0 atom stereocenters. The van der Waals surface area contributed by atoms with Gasteiger partial charge in [-0.2, -0.15) is 13.2 Å². The summed E-state index contributed by atoms with van der Waals surface area (Å²) in [6.45, 7) is 2.03. The fourth-order valence-corrected chi connectivity index (χ4v) is 7.80. The minimum atomic E-state index is -4.17. The quantitative estimate of drug-likeness (QED) is 0.467. The normalized spacial score (nSPS) is 25.4. The fraction of sp³-hybridized carbons (Fsp3) is 0.630. The molecule has 2 saturated heterocycles. The minimum absolute atomic E-state index is 0.0599. The number of anilines is 1. The van der Waals surface area contributed by atoms with Crippen LogP contribution in [-0.2, 0) is 26.0 Å². The second-order valence-corrected chi connectivity index (χ2v) is 13.6. The summed E-state index contributed by atoms with van der Waals surface area (Å²) >= 11 is 0. The van der Waals surface area contributed by atoms with Crippen molar-refractivity contribution in [2.45, 2.75) is 70.0 Å². The molecule has 1 aromatic rings. The van der Waals surface area contributed by atoms with E-state index >= 15 is 0 Å². The van der Waals surface area contributed by atoms with Gasteiger partial charge < -0.3 is 10.6 Å². The number of sulfonamides is 1. The standard InChI is InChI=1S/C27H34F3N5O5S/c1-17-14-21(35-22(36)16-31-25(35)38)7-6-19(17)8-13-41(39,40)34-11-9-26(10-12-34)24(37)32-23(33-26)20-4-2-18(3-5-20)15-27(28,29)30/h6-7,14,18,20H,2-5,8-13,15-16H2,1H3,(H,31,38)(H,32,33,37). The third kappa shape index (κ3) is 6.27. The van der Waals surface area contributed by atoms with Crippen molar-refractivity contribution in [1.29, 1.82) is 0 Å². The highest BCUT2D eigenvalue weighted by Gasteiger charge is 2.48. The Morgan fingerprint density at radius 3 is 2.34 bits per heavy atom. The second kappa shape index (κ2) is 11.0. The maximum atomic E-state index is 13.2. The molecule has 3 aliphatic heterocycles. The molecule has 1 aliphatic carbocycles. The number of benzene rings is 1. The summed E-state index contributed by atoms with van der Waals surface area (Å²) in [5, 5.41) is 5.32. The van der Waals surface area contributed by atoms with Crippen LogP contribution in [0, 0.1) is 18.8 Å². The summed E-state index contributed by atoms with van der Waals surface area (Å²) in [5.74, 6) is -0.702. The first-order valence-electron chi connectivity index (χ1n) is 13.9. The van der Waals surface area contributed by atoms with E-state index in [1.165, 1.54) is 4.31 Å². The SMILES string of the molecule is Cc1cc(N2C(=O)CNC2=O)ccc1CCS(=O)(=O)N1CCC2(CC1)N=C(C1CCC(CC(F)(F)F)CC1)NC2=O. The van der Waals surface area contributed by atoms with Gasteiger partial charge >= 0.3 is 12.2 Å². The van der Waals surface area contributed by atoms with Crippen LogP contribution in [0.2, 0.25) is 0 Å². The Morgan fingerprint density at radius 1 is 1.07 bits per heavy atom. The molecule has 1 spiro atoms. The molecule has 3 fully saturated rings. The lowest BCUT2D eigenvalue weighted by molar-refractivity contribution is -0.146. The molecule has 14 heteroatoms. The predicted octanol–water partition coefficient (Wildman–Crippen LogP) is 3.05. The number of nitrogens with zero attached hydrogens (tertiary/aromatic N) is 3. The number of aliphatic imine (C=N–C) groups is 1. The van der Waals surface area contributed by atoms with E-state index in [2.05, 4.69) is 10.6 Å². The third-order valence-electron chi connectivity index (χ3n) is 8.75. The molecule has 0 radical (unpaired) electrons. The number of imide groups is 1. The highest BCUT2D eigenvalue weighted by molar-refractivity contribution is 7.89. The summed E-state index contributed by atoms with van der Waals surface area (Å²) in [6.07, 6.45) is -2.27. The van der Waals surface area contributed by atoms with Crippen molar-refractivity contribution in [2.24, 2.45) is 16.8 Å².